The number of rotatable bonds is 5. The lowest BCUT2D eigenvalue weighted by atomic mass is 10.0. The van der Waals surface area contributed by atoms with E-state index in [0.717, 1.165) is 24.0 Å². The number of hydrogen-bond acceptors (Lipinski definition) is 3. The fourth-order valence-electron chi connectivity index (χ4n) is 2.66. The molecule has 1 atom stereocenters. The van der Waals surface area contributed by atoms with E-state index in [-0.39, 0.29) is 0 Å². The van der Waals surface area contributed by atoms with Gasteiger partial charge in [0.05, 0.1) is 12.1 Å². The van der Waals surface area contributed by atoms with E-state index in [1.54, 1.807) is 7.11 Å². The number of hydrogen-bond donors (Lipinski definition) is 1. The van der Waals surface area contributed by atoms with Crippen LogP contribution in [0.25, 0.3) is 0 Å². The quantitative estimate of drug-likeness (QED) is 0.892. The van der Waals surface area contributed by atoms with Crippen molar-refractivity contribution >= 4 is 17.3 Å². The second-order valence-electron chi connectivity index (χ2n) is 5.19. The summed E-state index contributed by atoms with van der Waals surface area (Å²) in [7, 11) is 3.87. The van der Waals surface area contributed by atoms with Crippen molar-refractivity contribution in [2.24, 2.45) is 0 Å². The molecule has 1 fully saturated rings. The molecule has 0 aromatic heterocycles. The van der Waals surface area contributed by atoms with Gasteiger partial charge in [0, 0.05) is 24.3 Å². The van der Waals surface area contributed by atoms with Crippen molar-refractivity contribution in [2.75, 3.05) is 32.6 Å². The van der Waals surface area contributed by atoms with E-state index in [2.05, 4.69) is 17.3 Å². The number of likely N-dealkylation sites (tertiary alicyclic amines) is 1. The Hall–Kier alpha value is -0.930. The molecule has 0 saturated carbocycles. The lowest BCUT2D eigenvalue weighted by Gasteiger charge is -2.32. The first kappa shape index (κ1) is 14.5. The molecular formula is C15H23ClN2O. The Morgan fingerprint density at radius 1 is 1.42 bits per heavy atom. The lowest BCUT2D eigenvalue weighted by Crippen LogP contribution is -2.37. The predicted octanol–water partition coefficient (Wildman–Crippen LogP) is 3.63. The predicted molar refractivity (Wildman–Crippen MR) is 81.4 cm³/mol. The van der Waals surface area contributed by atoms with Gasteiger partial charge in [-0.2, -0.15) is 0 Å². The van der Waals surface area contributed by atoms with Crippen molar-refractivity contribution in [3.8, 4) is 5.75 Å². The maximum absolute atomic E-state index is 6.01. The van der Waals surface area contributed by atoms with Gasteiger partial charge in [0.15, 0.2) is 0 Å². The lowest BCUT2D eigenvalue weighted by molar-refractivity contribution is 0.179. The minimum Gasteiger partial charge on any atom is -0.495 e. The Morgan fingerprint density at radius 3 is 3.00 bits per heavy atom. The summed E-state index contributed by atoms with van der Waals surface area (Å²) in [4.78, 5) is 2.48. The monoisotopic (exact) mass is 282 g/mol. The van der Waals surface area contributed by atoms with E-state index in [0.29, 0.717) is 5.02 Å². The highest BCUT2D eigenvalue weighted by molar-refractivity contribution is 6.32. The number of methoxy groups -OCH3 is 1. The Bertz CT molecular complexity index is 411. The molecule has 2 rings (SSSR count). The first-order valence-corrected chi connectivity index (χ1v) is 7.36. The second-order valence-corrected chi connectivity index (χ2v) is 5.60. The summed E-state index contributed by atoms with van der Waals surface area (Å²) in [5.41, 5.74) is 1.07. The molecule has 106 valence electrons. The highest BCUT2D eigenvalue weighted by Gasteiger charge is 2.17. The van der Waals surface area contributed by atoms with Crippen molar-refractivity contribution in [1.29, 1.82) is 0 Å². The molecule has 1 aliphatic heterocycles. The maximum Gasteiger partial charge on any atom is 0.139 e. The first-order chi connectivity index (χ1) is 9.20. The Kier molecular flexibility index (Phi) is 5.34. The Morgan fingerprint density at radius 2 is 2.26 bits per heavy atom. The van der Waals surface area contributed by atoms with Gasteiger partial charge in [-0.1, -0.05) is 18.0 Å². The van der Waals surface area contributed by atoms with E-state index in [1.807, 2.05) is 18.2 Å². The minimum absolute atomic E-state index is 0.653. The summed E-state index contributed by atoms with van der Waals surface area (Å²) in [6.45, 7) is 2.22. The standard InChI is InChI=1S/C15H23ClN2O/c1-18-10-4-3-5-13(18)8-9-17-12-6-7-14(16)15(11-12)19-2/h6-7,11,13,17H,3-5,8-10H2,1-2H3. The highest BCUT2D eigenvalue weighted by atomic mass is 35.5. The van der Waals surface area contributed by atoms with Crippen LogP contribution in [0.1, 0.15) is 25.7 Å². The van der Waals surface area contributed by atoms with E-state index >= 15 is 0 Å². The largest absolute Gasteiger partial charge is 0.495 e. The first-order valence-electron chi connectivity index (χ1n) is 6.98. The van der Waals surface area contributed by atoms with E-state index in [9.17, 15) is 0 Å². The number of halogens is 1. The summed E-state index contributed by atoms with van der Waals surface area (Å²) in [5.74, 6) is 0.724. The van der Waals surface area contributed by atoms with Crippen LogP contribution in [0, 0.1) is 0 Å². The van der Waals surface area contributed by atoms with Crippen LogP contribution in [0.15, 0.2) is 18.2 Å². The van der Waals surface area contributed by atoms with Crippen LogP contribution in [0.5, 0.6) is 5.75 Å². The summed E-state index contributed by atoms with van der Waals surface area (Å²) in [5, 5.41) is 4.10. The van der Waals surface area contributed by atoms with E-state index in [4.69, 9.17) is 16.3 Å². The van der Waals surface area contributed by atoms with Gasteiger partial charge in [-0.3, -0.25) is 0 Å². The molecule has 0 spiro atoms. The van der Waals surface area contributed by atoms with Gasteiger partial charge < -0.3 is 15.0 Å². The molecule has 0 aliphatic carbocycles. The second kappa shape index (κ2) is 7.01. The zero-order valence-electron chi connectivity index (χ0n) is 11.8. The molecule has 1 aromatic carbocycles. The normalized spacial score (nSPS) is 20.3. The van der Waals surface area contributed by atoms with Crippen LogP contribution in [0.3, 0.4) is 0 Å². The van der Waals surface area contributed by atoms with Gasteiger partial charge in [-0.05, 0) is 45.0 Å². The minimum atomic E-state index is 0.653. The average Bonchev–Trinajstić information content (AvgIpc) is 2.43. The topological polar surface area (TPSA) is 24.5 Å². The molecule has 1 saturated heterocycles. The SMILES string of the molecule is COc1cc(NCCC2CCCCN2C)ccc1Cl. The van der Waals surface area contributed by atoms with Crippen LogP contribution in [-0.4, -0.2) is 38.2 Å². The smallest absolute Gasteiger partial charge is 0.139 e. The Labute approximate surface area is 120 Å². The zero-order chi connectivity index (χ0) is 13.7. The number of ether oxygens (including phenoxy) is 1. The molecule has 0 radical (unpaired) electrons. The van der Waals surface area contributed by atoms with Crippen molar-refractivity contribution < 1.29 is 4.74 Å². The van der Waals surface area contributed by atoms with Crippen LogP contribution >= 0.6 is 11.6 Å². The fraction of sp³-hybridized carbons (Fsp3) is 0.600. The van der Waals surface area contributed by atoms with Gasteiger partial charge in [0.2, 0.25) is 0 Å². The van der Waals surface area contributed by atoms with E-state index in [1.165, 1.54) is 32.2 Å². The number of anilines is 1. The molecule has 0 bridgehead atoms. The number of piperidine rings is 1. The van der Waals surface area contributed by atoms with Crippen LogP contribution in [0.2, 0.25) is 5.02 Å². The molecular weight excluding hydrogens is 260 g/mol. The fourth-order valence-corrected chi connectivity index (χ4v) is 2.86. The third kappa shape index (κ3) is 4.02. The third-order valence-electron chi connectivity index (χ3n) is 3.88. The molecule has 1 aliphatic rings. The van der Waals surface area contributed by atoms with Gasteiger partial charge in [0.25, 0.3) is 0 Å². The van der Waals surface area contributed by atoms with Gasteiger partial charge in [-0.25, -0.2) is 0 Å². The molecule has 3 nitrogen and oxygen atoms in total. The summed E-state index contributed by atoms with van der Waals surface area (Å²) >= 11 is 6.01. The van der Waals surface area contributed by atoms with Crippen molar-refractivity contribution in [3.05, 3.63) is 23.2 Å². The highest BCUT2D eigenvalue weighted by Crippen LogP contribution is 2.27. The third-order valence-corrected chi connectivity index (χ3v) is 4.19. The average molecular weight is 283 g/mol. The molecule has 19 heavy (non-hydrogen) atoms. The van der Waals surface area contributed by atoms with E-state index < -0.39 is 0 Å². The van der Waals surface area contributed by atoms with Crippen molar-refractivity contribution in [1.82, 2.24) is 4.90 Å². The number of nitrogens with zero attached hydrogens (tertiary/aromatic N) is 1. The van der Waals surface area contributed by atoms with Crippen molar-refractivity contribution in [3.63, 3.8) is 0 Å². The van der Waals surface area contributed by atoms with Gasteiger partial charge in [0.1, 0.15) is 5.75 Å². The van der Waals surface area contributed by atoms with Gasteiger partial charge in [-0.15, -0.1) is 0 Å². The van der Waals surface area contributed by atoms with Crippen LogP contribution < -0.4 is 10.1 Å². The molecule has 1 unspecified atom stereocenters. The number of benzene rings is 1. The summed E-state index contributed by atoms with van der Waals surface area (Å²) < 4.78 is 5.22. The molecule has 0 amide bonds. The van der Waals surface area contributed by atoms with Crippen molar-refractivity contribution in [2.45, 2.75) is 31.7 Å². The summed E-state index contributed by atoms with van der Waals surface area (Å²) in [6.07, 6.45) is 5.21. The van der Waals surface area contributed by atoms with Crippen LogP contribution in [0.4, 0.5) is 5.69 Å². The molecule has 1 heterocycles. The molecule has 1 aromatic rings. The summed E-state index contributed by atoms with van der Waals surface area (Å²) in [6, 6.07) is 6.54. The Balaban J connectivity index is 1.82. The molecule has 1 N–H and O–H groups in total. The maximum atomic E-state index is 6.01. The molecule has 4 heteroatoms. The number of nitrogens with one attached hydrogen (secondary N) is 1. The van der Waals surface area contributed by atoms with Crippen LogP contribution in [-0.2, 0) is 0 Å². The zero-order valence-corrected chi connectivity index (χ0v) is 12.5. The van der Waals surface area contributed by atoms with Gasteiger partial charge >= 0.3 is 0 Å².